The van der Waals surface area contributed by atoms with E-state index in [2.05, 4.69) is 15.6 Å². The fraction of sp³-hybridized carbons (Fsp3) is 0.250. The van der Waals surface area contributed by atoms with Crippen molar-refractivity contribution in [1.82, 2.24) is 4.90 Å². The van der Waals surface area contributed by atoms with Gasteiger partial charge in [0.25, 0.3) is 0 Å². The zero-order valence-electron chi connectivity index (χ0n) is 18.7. The molecule has 0 aromatic heterocycles. The van der Waals surface area contributed by atoms with Gasteiger partial charge in [0.1, 0.15) is 6.17 Å². The van der Waals surface area contributed by atoms with Gasteiger partial charge < -0.3 is 15.5 Å². The fourth-order valence-corrected chi connectivity index (χ4v) is 3.30. The van der Waals surface area contributed by atoms with Crippen LogP contribution in [0.25, 0.3) is 5.57 Å². The SMILES string of the molecule is C/C=C\N(C)C(Nc1ccc(C=O)c(Cl)c1)/C(C)=N/C=C(\C)c1ccc(NC)c(F)c1F. The second-order valence-corrected chi connectivity index (χ2v) is 7.58. The molecule has 0 spiro atoms. The van der Waals surface area contributed by atoms with E-state index in [4.69, 9.17) is 11.6 Å². The summed E-state index contributed by atoms with van der Waals surface area (Å²) in [6, 6.07) is 8.05. The number of hydrogen-bond donors (Lipinski definition) is 2. The molecule has 0 radical (unpaired) electrons. The van der Waals surface area contributed by atoms with Gasteiger partial charge in [-0.05, 0) is 62.9 Å². The van der Waals surface area contributed by atoms with Crippen LogP contribution in [0.4, 0.5) is 20.2 Å². The summed E-state index contributed by atoms with van der Waals surface area (Å²) in [5.74, 6) is -1.86. The Morgan fingerprint density at radius 3 is 2.50 bits per heavy atom. The lowest BCUT2D eigenvalue weighted by molar-refractivity contribution is 0.112. The van der Waals surface area contributed by atoms with Crippen molar-refractivity contribution >= 4 is 40.5 Å². The predicted molar refractivity (Wildman–Crippen MR) is 129 cm³/mol. The summed E-state index contributed by atoms with van der Waals surface area (Å²) in [4.78, 5) is 17.4. The number of aldehydes is 1. The highest BCUT2D eigenvalue weighted by Crippen LogP contribution is 2.25. The molecule has 1 atom stereocenters. The molecule has 0 saturated heterocycles. The number of nitrogens with one attached hydrogen (secondary N) is 2. The second kappa shape index (κ2) is 11.4. The summed E-state index contributed by atoms with van der Waals surface area (Å²) >= 11 is 6.14. The zero-order chi connectivity index (χ0) is 23.8. The van der Waals surface area contributed by atoms with Crippen LogP contribution in [0.3, 0.4) is 0 Å². The van der Waals surface area contributed by atoms with E-state index < -0.39 is 11.6 Å². The molecule has 2 N–H and O–H groups in total. The van der Waals surface area contributed by atoms with E-state index in [1.165, 1.54) is 25.4 Å². The van der Waals surface area contributed by atoms with Crippen molar-refractivity contribution in [2.45, 2.75) is 26.9 Å². The van der Waals surface area contributed by atoms with Gasteiger partial charge in [-0.3, -0.25) is 9.79 Å². The average Bonchev–Trinajstić information content (AvgIpc) is 2.77. The van der Waals surface area contributed by atoms with Crippen LogP contribution in [0.2, 0.25) is 5.02 Å². The quantitative estimate of drug-likeness (QED) is 0.266. The molecular formula is C24H27ClF2N4O. The number of allylic oxidation sites excluding steroid dienone is 2. The van der Waals surface area contributed by atoms with E-state index in [0.717, 1.165) is 0 Å². The van der Waals surface area contributed by atoms with E-state index in [1.54, 1.807) is 25.1 Å². The van der Waals surface area contributed by atoms with Gasteiger partial charge in [-0.25, -0.2) is 8.78 Å². The summed E-state index contributed by atoms with van der Waals surface area (Å²) in [5.41, 5.74) is 2.49. The molecule has 0 amide bonds. The van der Waals surface area contributed by atoms with Crippen LogP contribution in [0.15, 0.2) is 53.8 Å². The number of rotatable bonds is 9. The third-order valence-electron chi connectivity index (χ3n) is 4.86. The van der Waals surface area contributed by atoms with Crippen LogP contribution < -0.4 is 10.6 Å². The van der Waals surface area contributed by atoms with Crippen molar-refractivity contribution in [2.24, 2.45) is 4.99 Å². The van der Waals surface area contributed by atoms with Crippen LogP contribution >= 0.6 is 11.6 Å². The van der Waals surface area contributed by atoms with E-state index in [9.17, 15) is 13.6 Å². The Labute approximate surface area is 192 Å². The minimum Gasteiger partial charge on any atom is -0.386 e. The fourth-order valence-electron chi connectivity index (χ4n) is 3.08. The van der Waals surface area contributed by atoms with Crippen molar-refractivity contribution < 1.29 is 13.6 Å². The lowest BCUT2D eigenvalue weighted by atomic mass is 10.1. The molecule has 5 nitrogen and oxygen atoms in total. The highest BCUT2D eigenvalue weighted by Gasteiger charge is 2.17. The van der Waals surface area contributed by atoms with E-state index in [-0.39, 0.29) is 17.4 Å². The van der Waals surface area contributed by atoms with Gasteiger partial charge in [0.2, 0.25) is 0 Å². The number of nitrogens with zero attached hydrogens (tertiary/aromatic N) is 2. The Hall–Kier alpha value is -3.19. The van der Waals surface area contributed by atoms with Gasteiger partial charge >= 0.3 is 0 Å². The van der Waals surface area contributed by atoms with Crippen LogP contribution in [-0.2, 0) is 0 Å². The first-order valence-corrected chi connectivity index (χ1v) is 10.3. The van der Waals surface area contributed by atoms with E-state index in [1.807, 2.05) is 38.1 Å². The van der Waals surface area contributed by atoms with E-state index >= 15 is 0 Å². The Morgan fingerprint density at radius 1 is 1.19 bits per heavy atom. The summed E-state index contributed by atoms with van der Waals surface area (Å²) in [6.45, 7) is 5.39. The maximum atomic E-state index is 14.4. The molecular weight excluding hydrogens is 434 g/mol. The Morgan fingerprint density at radius 2 is 1.91 bits per heavy atom. The van der Waals surface area contributed by atoms with Gasteiger partial charge in [0.15, 0.2) is 17.9 Å². The smallest absolute Gasteiger partial charge is 0.182 e. The van der Waals surface area contributed by atoms with Gasteiger partial charge in [0.05, 0.1) is 16.4 Å². The molecule has 0 fully saturated rings. The van der Waals surface area contributed by atoms with Crippen molar-refractivity contribution in [3.05, 3.63) is 76.6 Å². The Kier molecular flexibility index (Phi) is 8.96. The molecule has 2 aromatic rings. The Balaban J connectivity index is 2.36. The minimum atomic E-state index is -0.929. The largest absolute Gasteiger partial charge is 0.386 e. The summed E-state index contributed by atoms with van der Waals surface area (Å²) in [7, 11) is 3.40. The maximum Gasteiger partial charge on any atom is 0.182 e. The first kappa shape index (κ1) is 25.1. The van der Waals surface area contributed by atoms with Crippen molar-refractivity contribution in [1.29, 1.82) is 0 Å². The lowest BCUT2D eigenvalue weighted by Gasteiger charge is -2.28. The number of carbonyl (C=O) groups excluding carboxylic acids is 1. The van der Waals surface area contributed by atoms with Crippen LogP contribution in [0, 0.1) is 11.6 Å². The number of anilines is 2. The normalized spacial score (nSPS) is 13.2. The lowest BCUT2D eigenvalue weighted by Crippen LogP contribution is -2.40. The number of carbonyl (C=O) groups is 1. The number of hydrogen-bond acceptors (Lipinski definition) is 5. The molecule has 2 aromatic carbocycles. The minimum absolute atomic E-state index is 0.0928. The van der Waals surface area contributed by atoms with Crippen LogP contribution in [0.1, 0.15) is 36.7 Å². The highest BCUT2D eigenvalue weighted by molar-refractivity contribution is 6.33. The van der Waals surface area contributed by atoms with Crippen molar-refractivity contribution in [2.75, 3.05) is 24.7 Å². The molecule has 32 heavy (non-hydrogen) atoms. The van der Waals surface area contributed by atoms with Crippen molar-refractivity contribution in [3.8, 4) is 0 Å². The molecule has 0 saturated carbocycles. The molecule has 1 unspecified atom stereocenters. The molecule has 0 aliphatic heterocycles. The monoisotopic (exact) mass is 460 g/mol. The third kappa shape index (κ3) is 5.95. The molecule has 0 bridgehead atoms. The standard InChI is InChI=1S/C24H27ClF2N4O/c1-6-11-31(5)24(30-18-8-7-17(14-32)20(25)12-18)16(3)29-13-15(2)19-9-10-21(28-4)23(27)22(19)26/h6-14,24,28,30H,1-5H3/b11-6-,15-13+,29-16+. The molecule has 0 aliphatic carbocycles. The molecule has 0 heterocycles. The molecule has 2 rings (SSSR count). The molecule has 170 valence electrons. The topological polar surface area (TPSA) is 56.7 Å². The number of halogens is 3. The summed E-state index contributed by atoms with van der Waals surface area (Å²) < 4.78 is 28.5. The van der Waals surface area contributed by atoms with Gasteiger partial charge in [-0.1, -0.05) is 17.7 Å². The first-order valence-electron chi connectivity index (χ1n) is 9.96. The Bertz CT molecular complexity index is 1070. The van der Waals surface area contributed by atoms with Crippen LogP contribution in [-0.4, -0.2) is 37.2 Å². The average molecular weight is 461 g/mol. The number of aliphatic imine (C=N–C) groups is 1. The first-order chi connectivity index (χ1) is 15.2. The maximum absolute atomic E-state index is 14.4. The van der Waals surface area contributed by atoms with Crippen molar-refractivity contribution in [3.63, 3.8) is 0 Å². The predicted octanol–water partition coefficient (Wildman–Crippen LogP) is 6.20. The second-order valence-electron chi connectivity index (χ2n) is 7.17. The van der Waals surface area contributed by atoms with Gasteiger partial charge in [-0.15, -0.1) is 0 Å². The zero-order valence-corrected chi connectivity index (χ0v) is 19.5. The van der Waals surface area contributed by atoms with Gasteiger partial charge in [-0.2, -0.15) is 0 Å². The summed E-state index contributed by atoms with van der Waals surface area (Å²) in [5, 5.41) is 6.28. The highest BCUT2D eigenvalue weighted by atomic mass is 35.5. The van der Waals surface area contributed by atoms with Crippen LogP contribution in [0.5, 0.6) is 0 Å². The van der Waals surface area contributed by atoms with Gasteiger partial charge in [0, 0.05) is 37.1 Å². The summed E-state index contributed by atoms with van der Waals surface area (Å²) in [6.07, 6.45) is 5.60. The number of benzene rings is 2. The van der Waals surface area contributed by atoms with E-state index in [0.29, 0.717) is 33.8 Å². The molecule has 8 heteroatoms. The molecule has 0 aliphatic rings. The third-order valence-corrected chi connectivity index (χ3v) is 5.18.